The van der Waals surface area contributed by atoms with Gasteiger partial charge in [0.25, 0.3) is 0 Å². The molecule has 110 valence electrons. The maximum atomic E-state index is 11.5. The van der Waals surface area contributed by atoms with Gasteiger partial charge in [0, 0.05) is 4.47 Å². The quantitative estimate of drug-likeness (QED) is 0.658. The molecule has 0 unspecified atom stereocenters. The van der Waals surface area contributed by atoms with Gasteiger partial charge in [0.05, 0.1) is 10.4 Å². The molecule has 0 saturated carbocycles. The van der Waals surface area contributed by atoms with Gasteiger partial charge in [0.1, 0.15) is 0 Å². The van der Waals surface area contributed by atoms with Crippen molar-refractivity contribution in [2.45, 2.75) is 12.3 Å². The van der Waals surface area contributed by atoms with E-state index in [4.69, 9.17) is 0 Å². The first-order valence-corrected chi connectivity index (χ1v) is 7.67. The Morgan fingerprint density at radius 1 is 1.10 bits per heavy atom. The maximum absolute atomic E-state index is 11.5. The summed E-state index contributed by atoms with van der Waals surface area (Å²) in [6, 6.07) is 10.3. The number of aliphatic carboxylic acids is 1. The van der Waals surface area contributed by atoms with Crippen LogP contribution in [-0.2, 0) is 11.2 Å². The second-order valence-electron chi connectivity index (χ2n) is 4.54. The van der Waals surface area contributed by atoms with E-state index in [0.29, 0.717) is 20.1 Å². The Morgan fingerprint density at radius 3 is 2.29 bits per heavy atom. The summed E-state index contributed by atoms with van der Waals surface area (Å²) < 4.78 is 0.828. The summed E-state index contributed by atoms with van der Waals surface area (Å²) in [5.41, 5.74) is 1.27. The number of phenols is 2. The fourth-order valence-electron chi connectivity index (χ4n) is 2.06. The van der Waals surface area contributed by atoms with Crippen LogP contribution in [0, 0.1) is 0 Å². The summed E-state index contributed by atoms with van der Waals surface area (Å²) in [5, 5.41) is 28.7. The molecule has 2 aromatic rings. The first-order chi connectivity index (χ1) is 9.91. The summed E-state index contributed by atoms with van der Waals surface area (Å²) in [5.74, 6) is -2.26. The standard InChI is InChI=1S/C15H12Br2O4/c16-12-9(7-11(18)14(19)13(12)17)6-10(15(20)21)8-4-2-1-3-5-8/h1-5,7,10,18-19H,6H2,(H,20,21)/t10-/m1/s1. The van der Waals surface area contributed by atoms with E-state index < -0.39 is 11.9 Å². The van der Waals surface area contributed by atoms with Crippen LogP contribution in [0.5, 0.6) is 11.5 Å². The first kappa shape index (κ1) is 15.9. The van der Waals surface area contributed by atoms with Gasteiger partial charge in [0.2, 0.25) is 0 Å². The van der Waals surface area contributed by atoms with E-state index in [1.165, 1.54) is 6.07 Å². The molecule has 2 rings (SSSR count). The summed E-state index contributed by atoms with van der Waals surface area (Å²) >= 11 is 6.46. The van der Waals surface area contributed by atoms with Crippen LogP contribution >= 0.6 is 31.9 Å². The number of carbonyl (C=O) groups is 1. The van der Waals surface area contributed by atoms with E-state index in [1.807, 2.05) is 6.07 Å². The topological polar surface area (TPSA) is 77.8 Å². The molecule has 0 fully saturated rings. The minimum atomic E-state index is -0.947. The lowest BCUT2D eigenvalue weighted by Gasteiger charge is -2.15. The van der Waals surface area contributed by atoms with Crippen molar-refractivity contribution in [2.24, 2.45) is 0 Å². The van der Waals surface area contributed by atoms with E-state index in [2.05, 4.69) is 31.9 Å². The number of carboxylic acids is 1. The van der Waals surface area contributed by atoms with E-state index >= 15 is 0 Å². The van der Waals surface area contributed by atoms with E-state index in [-0.39, 0.29) is 17.9 Å². The Balaban J connectivity index is 2.41. The molecule has 0 saturated heterocycles. The Labute approximate surface area is 138 Å². The fourth-order valence-corrected chi connectivity index (χ4v) is 2.98. The van der Waals surface area contributed by atoms with Gasteiger partial charge in [-0.15, -0.1) is 0 Å². The lowest BCUT2D eigenvalue weighted by Crippen LogP contribution is -2.14. The van der Waals surface area contributed by atoms with Crippen LogP contribution in [0.1, 0.15) is 17.0 Å². The van der Waals surface area contributed by atoms with Gasteiger partial charge in [0.15, 0.2) is 11.5 Å². The third-order valence-corrected chi connectivity index (χ3v) is 5.37. The molecule has 0 aliphatic rings. The fraction of sp³-hybridized carbons (Fsp3) is 0.133. The highest BCUT2D eigenvalue weighted by Gasteiger charge is 2.23. The van der Waals surface area contributed by atoms with Crippen molar-refractivity contribution in [3.8, 4) is 11.5 Å². The highest BCUT2D eigenvalue weighted by molar-refractivity contribution is 9.13. The Bertz CT molecular complexity index is 671. The van der Waals surface area contributed by atoms with Crippen LogP contribution in [0.25, 0.3) is 0 Å². The average molecular weight is 416 g/mol. The molecule has 0 bridgehead atoms. The van der Waals surface area contributed by atoms with Crippen LogP contribution in [0.2, 0.25) is 0 Å². The van der Waals surface area contributed by atoms with Crippen molar-refractivity contribution in [1.82, 2.24) is 0 Å². The lowest BCUT2D eigenvalue weighted by atomic mass is 9.92. The summed E-state index contributed by atoms with van der Waals surface area (Å²) in [6.45, 7) is 0. The van der Waals surface area contributed by atoms with Gasteiger partial charge in [-0.1, -0.05) is 30.3 Å². The van der Waals surface area contributed by atoms with Gasteiger partial charge in [-0.05, 0) is 55.5 Å². The monoisotopic (exact) mass is 414 g/mol. The molecule has 1 atom stereocenters. The molecular weight excluding hydrogens is 404 g/mol. The largest absolute Gasteiger partial charge is 0.504 e. The third kappa shape index (κ3) is 3.39. The molecule has 0 aliphatic carbocycles. The molecule has 2 aromatic carbocycles. The molecule has 0 spiro atoms. The number of hydrogen-bond donors (Lipinski definition) is 3. The smallest absolute Gasteiger partial charge is 0.311 e. The van der Waals surface area contributed by atoms with Gasteiger partial charge in [-0.2, -0.15) is 0 Å². The molecule has 3 N–H and O–H groups in total. The van der Waals surface area contributed by atoms with Crippen LogP contribution in [-0.4, -0.2) is 21.3 Å². The van der Waals surface area contributed by atoms with E-state index in [9.17, 15) is 20.1 Å². The average Bonchev–Trinajstić information content (AvgIpc) is 2.48. The predicted molar refractivity (Wildman–Crippen MR) is 85.7 cm³/mol. The molecule has 0 radical (unpaired) electrons. The molecule has 0 aliphatic heterocycles. The van der Waals surface area contributed by atoms with Crippen LogP contribution in [0.15, 0.2) is 45.3 Å². The van der Waals surface area contributed by atoms with Crippen molar-refractivity contribution in [2.75, 3.05) is 0 Å². The van der Waals surface area contributed by atoms with E-state index in [1.54, 1.807) is 24.3 Å². The SMILES string of the molecule is O=C(O)[C@H](Cc1cc(O)c(O)c(Br)c1Br)c1ccccc1. The van der Waals surface area contributed by atoms with Crippen LogP contribution < -0.4 is 0 Å². The normalized spacial score (nSPS) is 12.1. The molecule has 0 amide bonds. The number of halogens is 2. The molecule has 0 aromatic heterocycles. The lowest BCUT2D eigenvalue weighted by molar-refractivity contribution is -0.138. The number of benzene rings is 2. The third-order valence-electron chi connectivity index (χ3n) is 3.16. The zero-order valence-electron chi connectivity index (χ0n) is 10.8. The Morgan fingerprint density at radius 2 is 1.71 bits per heavy atom. The summed E-state index contributed by atoms with van der Waals surface area (Å²) in [7, 11) is 0. The highest BCUT2D eigenvalue weighted by atomic mass is 79.9. The first-order valence-electron chi connectivity index (χ1n) is 6.08. The van der Waals surface area contributed by atoms with Crippen molar-refractivity contribution < 1.29 is 20.1 Å². The second-order valence-corrected chi connectivity index (χ2v) is 6.12. The minimum Gasteiger partial charge on any atom is -0.504 e. The number of carboxylic acid groups (broad SMARTS) is 1. The Hall–Kier alpha value is -1.53. The van der Waals surface area contributed by atoms with Crippen molar-refractivity contribution in [1.29, 1.82) is 0 Å². The number of hydrogen-bond acceptors (Lipinski definition) is 3. The van der Waals surface area contributed by atoms with Crippen LogP contribution in [0.4, 0.5) is 0 Å². The Kier molecular flexibility index (Phi) is 4.90. The zero-order valence-corrected chi connectivity index (χ0v) is 13.9. The second kappa shape index (κ2) is 6.49. The number of rotatable bonds is 4. The van der Waals surface area contributed by atoms with Gasteiger partial charge >= 0.3 is 5.97 Å². The number of aromatic hydroxyl groups is 2. The summed E-state index contributed by atoms with van der Waals surface area (Å²) in [4.78, 5) is 11.5. The predicted octanol–water partition coefficient (Wildman–Crippen LogP) is 4.03. The van der Waals surface area contributed by atoms with Crippen molar-refractivity contribution in [3.63, 3.8) is 0 Å². The van der Waals surface area contributed by atoms with Gasteiger partial charge < -0.3 is 15.3 Å². The van der Waals surface area contributed by atoms with Gasteiger partial charge in [-0.25, -0.2) is 0 Å². The van der Waals surface area contributed by atoms with Gasteiger partial charge in [-0.3, -0.25) is 4.79 Å². The highest BCUT2D eigenvalue weighted by Crippen LogP contribution is 2.42. The molecule has 21 heavy (non-hydrogen) atoms. The minimum absolute atomic E-state index is 0.187. The van der Waals surface area contributed by atoms with Crippen molar-refractivity contribution >= 4 is 37.8 Å². The van der Waals surface area contributed by atoms with Crippen LogP contribution in [0.3, 0.4) is 0 Å². The van der Waals surface area contributed by atoms with Crippen molar-refractivity contribution in [3.05, 3.63) is 56.5 Å². The summed E-state index contributed by atoms with van der Waals surface area (Å²) in [6.07, 6.45) is 0.187. The number of phenolic OH excluding ortho intramolecular Hbond substituents is 2. The zero-order chi connectivity index (χ0) is 15.6. The molecule has 0 heterocycles. The van der Waals surface area contributed by atoms with E-state index in [0.717, 1.165) is 0 Å². The maximum Gasteiger partial charge on any atom is 0.311 e. The molecule has 4 nitrogen and oxygen atoms in total. The molecular formula is C15H12Br2O4. The molecule has 6 heteroatoms.